The molecule has 2 aromatic rings. The maximum Gasteiger partial charge on any atom is 0.291 e. The predicted octanol–water partition coefficient (Wildman–Crippen LogP) is 3.45. The molecule has 1 aliphatic carbocycles. The summed E-state index contributed by atoms with van der Waals surface area (Å²) in [4.78, 5) is 30.2. The summed E-state index contributed by atoms with van der Waals surface area (Å²) >= 11 is 0. The number of aromatic nitrogens is 2. The number of hydrogen-bond donors (Lipinski definition) is 2. The zero-order valence-electron chi connectivity index (χ0n) is 15.8. The minimum absolute atomic E-state index is 0.137. The van der Waals surface area contributed by atoms with Gasteiger partial charge in [0.05, 0.1) is 5.69 Å². The number of nitrogens with one attached hydrogen (secondary N) is 2. The van der Waals surface area contributed by atoms with E-state index in [2.05, 4.69) is 15.6 Å². The molecule has 4 rings (SSSR count). The Morgan fingerprint density at radius 1 is 1.07 bits per heavy atom. The SMILES string of the molecule is Cc1ccccc1NC(=O)c1nc(C(=O)NC2CCCC2)c2n1CCCC2. The standard InChI is InChI=1S/C21H26N4O2/c1-14-8-2-5-11-16(14)23-21(27)19-24-18(17-12-6-7-13-25(17)19)20(26)22-15-9-3-4-10-15/h2,5,8,11,15H,3-4,6-7,9-10,12-13H2,1H3,(H,22,26)(H,23,27). The summed E-state index contributed by atoms with van der Waals surface area (Å²) < 4.78 is 1.93. The highest BCUT2D eigenvalue weighted by atomic mass is 16.2. The highest BCUT2D eigenvalue weighted by molar-refractivity contribution is 6.04. The van der Waals surface area contributed by atoms with Crippen LogP contribution in [0.3, 0.4) is 0 Å². The van der Waals surface area contributed by atoms with Crippen LogP contribution in [0.1, 0.15) is 70.9 Å². The third-order valence-electron chi connectivity index (χ3n) is 5.62. The smallest absolute Gasteiger partial charge is 0.291 e. The van der Waals surface area contributed by atoms with Crippen molar-refractivity contribution in [1.29, 1.82) is 0 Å². The molecule has 1 aromatic heterocycles. The van der Waals surface area contributed by atoms with E-state index in [4.69, 9.17) is 0 Å². The van der Waals surface area contributed by atoms with Gasteiger partial charge in [0.2, 0.25) is 0 Å². The number of anilines is 1. The van der Waals surface area contributed by atoms with E-state index in [1.54, 1.807) is 0 Å². The number of para-hydroxylation sites is 1. The van der Waals surface area contributed by atoms with Crippen molar-refractivity contribution in [2.75, 3.05) is 5.32 Å². The van der Waals surface area contributed by atoms with Crippen LogP contribution in [0.15, 0.2) is 24.3 Å². The zero-order chi connectivity index (χ0) is 18.8. The first-order chi connectivity index (χ1) is 13.1. The van der Waals surface area contributed by atoms with Gasteiger partial charge in [0.25, 0.3) is 11.8 Å². The molecular weight excluding hydrogens is 340 g/mol. The number of rotatable bonds is 4. The molecule has 1 aliphatic heterocycles. The molecular formula is C21H26N4O2. The van der Waals surface area contributed by atoms with Gasteiger partial charge in [0, 0.05) is 18.3 Å². The molecule has 6 heteroatoms. The Morgan fingerprint density at radius 3 is 2.63 bits per heavy atom. The molecule has 6 nitrogen and oxygen atoms in total. The Morgan fingerprint density at radius 2 is 1.85 bits per heavy atom. The number of aryl methyl sites for hydroxylation is 1. The van der Waals surface area contributed by atoms with Crippen molar-refractivity contribution in [2.45, 2.75) is 64.5 Å². The summed E-state index contributed by atoms with van der Waals surface area (Å²) in [6.07, 6.45) is 7.20. The van der Waals surface area contributed by atoms with Gasteiger partial charge in [-0.25, -0.2) is 4.98 Å². The van der Waals surface area contributed by atoms with Crippen LogP contribution in [-0.4, -0.2) is 27.4 Å². The van der Waals surface area contributed by atoms with E-state index in [9.17, 15) is 9.59 Å². The maximum absolute atomic E-state index is 12.9. The normalized spacial score (nSPS) is 16.8. The van der Waals surface area contributed by atoms with Crippen LogP contribution in [0.5, 0.6) is 0 Å². The number of carbonyl (C=O) groups is 2. The Bertz CT molecular complexity index is 865. The first kappa shape index (κ1) is 17.8. The van der Waals surface area contributed by atoms with Gasteiger partial charge in [-0.1, -0.05) is 31.0 Å². The van der Waals surface area contributed by atoms with E-state index in [1.807, 2.05) is 35.8 Å². The Balaban J connectivity index is 1.61. The number of benzene rings is 1. The third kappa shape index (κ3) is 3.61. The number of hydrogen-bond acceptors (Lipinski definition) is 3. The predicted molar refractivity (Wildman–Crippen MR) is 104 cm³/mol. The van der Waals surface area contributed by atoms with Crippen molar-refractivity contribution >= 4 is 17.5 Å². The van der Waals surface area contributed by atoms with Gasteiger partial charge in [0.15, 0.2) is 5.82 Å². The number of fused-ring (bicyclic) bond motifs is 1. The molecule has 0 bridgehead atoms. The fourth-order valence-corrected chi connectivity index (χ4v) is 4.11. The van der Waals surface area contributed by atoms with Crippen LogP contribution < -0.4 is 10.6 Å². The molecule has 1 saturated carbocycles. The van der Waals surface area contributed by atoms with E-state index < -0.39 is 0 Å². The summed E-state index contributed by atoms with van der Waals surface area (Å²) in [5, 5.41) is 6.06. The van der Waals surface area contributed by atoms with Gasteiger partial charge in [-0.3, -0.25) is 9.59 Å². The van der Waals surface area contributed by atoms with Crippen LogP contribution in [-0.2, 0) is 13.0 Å². The summed E-state index contributed by atoms with van der Waals surface area (Å²) in [7, 11) is 0. The van der Waals surface area contributed by atoms with Crippen molar-refractivity contribution in [2.24, 2.45) is 0 Å². The Kier molecular flexibility index (Phi) is 4.97. The number of amides is 2. The minimum atomic E-state index is -0.257. The van der Waals surface area contributed by atoms with Gasteiger partial charge in [0.1, 0.15) is 5.69 Å². The largest absolute Gasteiger partial charge is 0.348 e. The molecule has 142 valence electrons. The lowest BCUT2D eigenvalue weighted by Crippen LogP contribution is -2.33. The van der Waals surface area contributed by atoms with Gasteiger partial charge >= 0.3 is 0 Å². The van der Waals surface area contributed by atoms with Gasteiger partial charge in [-0.2, -0.15) is 0 Å². The van der Waals surface area contributed by atoms with Gasteiger partial charge in [-0.05, 0) is 50.7 Å². The van der Waals surface area contributed by atoms with Crippen LogP contribution in [0, 0.1) is 6.92 Å². The van der Waals surface area contributed by atoms with E-state index in [1.165, 1.54) is 0 Å². The van der Waals surface area contributed by atoms with E-state index >= 15 is 0 Å². The van der Waals surface area contributed by atoms with Crippen LogP contribution in [0.4, 0.5) is 5.69 Å². The lowest BCUT2D eigenvalue weighted by molar-refractivity contribution is 0.0932. The number of carbonyl (C=O) groups excluding carboxylic acids is 2. The van der Waals surface area contributed by atoms with E-state index in [0.717, 1.165) is 68.4 Å². The number of nitrogens with zero attached hydrogens (tertiary/aromatic N) is 2. The molecule has 2 aliphatic rings. The average Bonchev–Trinajstić information content (AvgIpc) is 3.31. The van der Waals surface area contributed by atoms with Gasteiger partial charge < -0.3 is 15.2 Å². The monoisotopic (exact) mass is 366 g/mol. The molecule has 2 heterocycles. The van der Waals surface area contributed by atoms with Crippen molar-refractivity contribution in [3.8, 4) is 0 Å². The second-order valence-corrected chi connectivity index (χ2v) is 7.56. The van der Waals surface area contributed by atoms with Crippen LogP contribution in [0.25, 0.3) is 0 Å². The van der Waals surface area contributed by atoms with Crippen molar-refractivity contribution in [3.05, 3.63) is 47.0 Å². The molecule has 0 saturated heterocycles. The van der Waals surface area contributed by atoms with E-state index in [-0.39, 0.29) is 17.9 Å². The summed E-state index contributed by atoms with van der Waals surface area (Å²) in [6, 6.07) is 7.90. The second kappa shape index (κ2) is 7.55. The molecule has 1 fully saturated rings. The maximum atomic E-state index is 12.9. The average molecular weight is 366 g/mol. The molecule has 0 spiro atoms. The second-order valence-electron chi connectivity index (χ2n) is 7.56. The lowest BCUT2D eigenvalue weighted by atomic mass is 10.1. The summed E-state index contributed by atoms with van der Waals surface area (Å²) in [5.74, 6) is -0.0561. The van der Waals surface area contributed by atoms with Crippen LogP contribution in [0.2, 0.25) is 0 Å². The lowest BCUT2D eigenvalue weighted by Gasteiger charge is -2.17. The Hall–Kier alpha value is -2.63. The fourth-order valence-electron chi connectivity index (χ4n) is 4.11. The zero-order valence-corrected chi connectivity index (χ0v) is 15.8. The van der Waals surface area contributed by atoms with Crippen molar-refractivity contribution in [1.82, 2.24) is 14.9 Å². The third-order valence-corrected chi connectivity index (χ3v) is 5.62. The quantitative estimate of drug-likeness (QED) is 0.870. The molecule has 0 radical (unpaired) electrons. The van der Waals surface area contributed by atoms with Crippen LogP contribution >= 0.6 is 0 Å². The summed E-state index contributed by atoms with van der Waals surface area (Å²) in [5.41, 5.74) is 3.09. The molecule has 2 amide bonds. The van der Waals surface area contributed by atoms with Crippen molar-refractivity contribution < 1.29 is 9.59 Å². The highest BCUT2D eigenvalue weighted by Crippen LogP contribution is 2.24. The Labute approximate surface area is 159 Å². The van der Waals surface area contributed by atoms with E-state index in [0.29, 0.717) is 11.5 Å². The van der Waals surface area contributed by atoms with Gasteiger partial charge in [-0.15, -0.1) is 0 Å². The first-order valence-electron chi connectivity index (χ1n) is 9.90. The fraction of sp³-hybridized carbons (Fsp3) is 0.476. The topological polar surface area (TPSA) is 76.0 Å². The molecule has 1 aromatic carbocycles. The molecule has 27 heavy (non-hydrogen) atoms. The number of imidazole rings is 1. The highest BCUT2D eigenvalue weighted by Gasteiger charge is 2.29. The molecule has 0 unspecified atom stereocenters. The summed E-state index contributed by atoms with van der Waals surface area (Å²) in [6.45, 7) is 2.69. The molecule has 0 atom stereocenters. The molecule has 2 N–H and O–H groups in total. The first-order valence-corrected chi connectivity index (χ1v) is 9.90. The minimum Gasteiger partial charge on any atom is -0.348 e. The van der Waals surface area contributed by atoms with Crippen molar-refractivity contribution in [3.63, 3.8) is 0 Å².